The van der Waals surface area contributed by atoms with Crippen molar-refractivity contribution in [2.75, 3.05) is 31.1 Å². The third kappa shape index (κ3) is 3.35. The molecule has 4 rings (SSSR count). The molecule has 0 N–H and O–H groups in total. The molecule has 1 amide bonds. The molecule has 0 atom stereocenters. The highest BCUT2D eigenvalue weighted by atomic mass is 19.4. The standard InChI is InChI=1S/C17H16F3N7O/c1-11-4-5-21-16-23-14(24-27(11)16)15(28)26-8-6-25(7-9-26)13-3-2-12(10-22-13)17(18,19)20/h2-5,10H,6-9H2,1H3. The fourth-order valence-corrected chi connectivity index (χ4v) is 3.02. The normalized spacial score (nSPS) is 15.3. The average molecular weight is 391 g/mol. The Morgan fingerprint density at radius 2 is 1.82 bits per heavy atom. The van der Waals surface area contributed by atoms with Crippen LogP contribution in [0.25, 0.3) is 5.78 Å². The number of nitrogens with zero attached hydrogens (tertiary/aromatic N) is 7. The van der Waals surface area contributed by atoms with Crippen molar-refractivity contribution in [1.82, 2.24) is 29.5 Å². The molecule has 1 aliphatic heterocycles. The minimum absolute atomic E-state index is 0.0721. The summed E-state index contributed by atoms with van der Waals surface area (Å²) in [4.78, 5) is 28.3. The summed E-state index contributed by atoms with van der Waals surface area (Å²) >= 11 is 0. The van der Waals surface area contributed by atoms with Crippen LogP contribution in [0.3, 0.4) is 0 Å². The molecule has 3 aromatic heterocycles. The molecule has 146 valence electrons. The number of piperazine rings is 1. The summed E-state index contributed by atoms with van der Waals surface area (Å²) in [6.45, 7) is 3.53. The van der Waals surface area contributed by atoms with Gasteiger partial charge >= 0.3 is 6.18 Å². The highest BCUT2D eigenvalue weighted by Gasteiger charge is 2.31. The van der Waals surface area contributed by atoms with E-state index in [-0.39, 0.29) is 11.7 Å². The first-order valence-electron chi connectivity index (χ1n) is 8.59. The van der Waals surface area contributed by atoms with E-state index in [1.54, 1.807) is 17.2 Å². The van der Waals surface area contributed by atoms with E-state index >= 15 is 0 Å². The second-order valence-electron chi connectivity index (χ2n) is 6.42. The maximum atomic E-state index is 12.7. The van der Waals surface area contributed by atoms with E-state index < -0.39 is 11.7 Å². The summed E-state index contributed by atoms with van der Waals surface area (Å²) in [6.07, 6.45) is -1.99. The number of pyridine rings is 1. The zero-order chi connectivity index (χ0) is 19.9. The monoisotopic (exact) mass is 391 g/mol. The first kappa shape index (κ1) is 18.1. The van der Waals surface area contributed by atoms with Crippen molar-refractivity contribution in [1.29, 1.82) is 0 Å². The molecule has 0 unspecified atom stereocenters. The molecule has 3 aromatic rings. The number of aromatic nitrogens is 5. The molecule has 28 heavy (non-hydrogen) atoms. The third-order valence-corrected chi connectivity index (χ3v) is 4.59. The number of hydrogen-bond acceptors (Lipinski definition) is 6. The number of alkyl halides is 3. The predicted octanol–water partition coefficient (Wildman–Crippen LogP) is 1.81. The number of rotatable bonds is 2. The van der Waals surface area contributed by atoms with E-state index in [4.69, 9.17) is 0 Å². The van der Waals surface area contributed by atoms with Gasteiger partial charge in [0.1, 0.15) is 5.82 Å². The van der Waals surface area contributed by atoms with Crippen LogP contribution in [0.15, 0.2) is 30.6 Å². The van der Waals surface area contributed by atoms with E-state index in [0.29, 0.717) is 37.8 Å². The number of aryl methyl sites for hydroxylation is 1. The molecule has 1 saturated heterocycles. The summed E-state index contributed by atoms with van der Waals surface area (Å²) in [5.41, 5.74) is 0.0293. The van der Waals surface area contributed by atoms with Gasteiger partial charge < -0.3 is 9.80 Å². The second kappa shape index (κ2) is 6.73. The minimum atomic E-state index is -4.41. The van der Waals surface area contributed by atoms with Gasteiger partial charge in [-0.1, -0.05) is 0 Å². The molecule has 0 bridgehead atoms. The highest BCUT2D eigenvalue weighted by Crippen LogP contribution is 2.29. The second-order valence-corrected chi connectivity index (χ2v) is 6.42. The molecule has 0 aromatic carbocycles. The van der Waals surface area contributed by atoms with Gasteiger partial charge in [0.15, 0.2) is 0 Å². The molecular weight excluding hydrogens is 375 g/mol. The van der Waals surface area contributed by atoms with Gasteiger partial charge in [0.25, 0.3) is 11.7 Å². The van der Waals surface area contributed by atoms with Gasteiger partial charge in [-0.2, -0.15) is 18.2 Å². The molecule has 0 spiro atoms. The zero-order valence-electron chi connectivity index (χ0n) is 14.9. The van der Waals surface area contributed by atoms with Crippen LogP contribution in [0, 0.1) is 6.92 Å². The van der Waals surface area contributed by atoms with Crippen molar-refractivity contribution in [2.45, 2.75) is 13.1 Å². The van der Waals surface area contributed by atoms with Crippen LogP contribution in [0.4, 0.5) is 19.0 Å². The quantitative estimate of drug-likeness (QED) is 0.663. The van der Waals surface area contributed by atoms with Crippen LogP contribution in [-0.4, -0.2) is 61.6 Å². The van der Waals surface area contributed by atoms with Gasteiger partial charge in [0.2, 0.25) is 5.82 Å². The largest absolute Gasteiger partial charge is 0.417 e. The molecular formula is C17H16F3N7O. The molecule has 1 fully saturated rings. The summed E-state index contributed by atoms with van der Waals surface area (Å²) in [5.74, 6) is 0.578. The lowest BCUT2D eigenvalue weighted by molar-refractivity contribution is -0.137. The summed E-state index contributed by atoms with van der Waals surface area (Å²) in [5, 5.41) is 4.22. The minimum Gasteiger partial charge on any atom is -0.353 e. The SMILES string of the molecule is Cc1ccnc2nc(C(=O)N3CCN(c4ccc(C(F)(F)F)cn4)CC3)nn12. The number of halogens is 3. The number of carbonyl (C=O) groups is 1. The summed E-state index contributed by atoms with van der Waals surface area (Å²) in [6, 6.07) is 4.12. The first-order valence-corrected chi connectivity index (χ1v) is 8.59. The Balaban J connectivity index is 1.43. The Kier molecular flexibility index (Phi) is 4.36. The van der Waals surface area contributed by atoms with Crippen molar-refractivity contribution in [2.24, 2.45) is 0 Å². The lowest BCUT2D eigenvalue weighted by Gasteiger charge is -2.34. The Bertz CT molecular complexity index is 1010. The molecule has 4 heterocycles. The van der Waals surface area contributed by atoms with Gasteiger partial charge in [-0.3, -0.25) is 4.79 Å². The third-order valence-electron chi connectivity index (χ3n) is 4.59. The number of hydrogen-bond donors (Lipinski definition) is 0. The fraction of sp³-hybridized carbons (Fsp3) is 0.353. The predicted molar refractivity (Wildman–Crippen MR) is 92.9 cm³/mol. The molecule has 11 heteroatoms. The topological polar surface area (TPSA) is 79.5 Å². The average Bonchev–Trinajstić information content (AvgIpc) is 3.13. The van der Waals surface area contributed by atoms with Crippen LogP contribution in [0.2, 0.25) is 0 Å². The smallest absolute Gasteiger partial charge is 0.353 e. The highest BCUT2D eigenvalue weighted by molar-refractivity contribution is 5.91. The lowest BCUT2D eigenvalue weighted by Crippen LogP contribution is -2.49. The Morgan fingerprint density at radius 3 is 2.43 bits per heavy atom. The summed E-state index contributed by atoms with van der Waals surface area (Å²) in [7, 11) is 0. The van der Waals surface area contributed by atoms with E-state index in [9.17, 15) is 18.0 Å². The van der Waals surface area contributed by atoms with Crippen molar-refractivity contribution in [3.8, 4) is 0 Å². The Labute approximate surface area is 157 Å². The molecule has 8 nitrogen and oxygen atoms in total. The molecule has 0 aliphatic carbocycles. The van der Waals surface area contributed by atoms with E-state index in [1.165, 1.54) is 10.6 Å². The number of fused-ring (bicyclic) bond motifs is 1. The van der Waals surface area contributed by atoms with Gasteiger partial charge in [-0.15, -0.1) is 5.10 Å². The lowest BCUT2D eigenvalue weighted by atomic mass is 10.2. The van der Waals surface area contributed by atoms with Gasteiger partial charge in [0.05, 0.1) is 5.56 Å². The van der Waals surface area contributed by atoms with Gasteiger partial charge in [-0.05, 0) is 25.1 Å². The first-order chi connectivity index (χ1) is 13.3. The number of amides is 1. The number of anilines is 1. The van der Waals surface area contributed by atoms with Crippen molar-refractivity contribution < 1.29 is 18.0 Å². The fourth-order valence-electron chi connectivity index (χ4n) is 3.02. The molecule has 0 radical (unpaired) electrons. The van der Waals surface area contributed by atoms with Crippen LogP contribution in [-0.2, 0) is 6.18 Å². The maximum absolute atomic E-state index is 12.7. The van der Waals surface area contributed by atoms with E-state index in [1.807, 2.05) is 11.8 Å². The van der Waals surface area contributed by atoms with Gasteiger partial charge in [0, 0.05) is 44.3 Å². The van der Waals surface area contributed by atoms with Crippen LogP contribution < -0.4 is 4.90 Å². The van der Waals surface area contributed by atoms with Crippen molar-refractivity contribution >= 4 is 17.5 Å². The van der Waals surface area contributed by atoms with Crippen LogP contribution >= 0.6 is 0 Å². The number of carbonyl (C=O) groups excluding carboxylic acids is 1. The van der Waals surface area contributed by atoms with Crippen molar-refractivity contribution in [3.05, 3.63) is 47.7 Å². The summed E-state index contributed by atoms with van der Waals surface area (Å²) < 4.78 is 39.5. The van der Waals surface area contributed by atoms with E-state index in [2.05, 4.69) is 20.1 Å². The van der Waals surface area contributed by atoms with Crippen LogP contribution in [0.1, 0.15) is 21.9 Å². The molecule has 0 saturated carbocycles. The Hall–Kier alpha value is -3.24. The van der Waals surface area contributed by atoms with E-state index in [0.717, 1.165) is 18.0 Å². The van der Waals surface area contributed by atoms with Gasteiger partial charge in [-0.25, -0.2) is 14.5 Å². The van der Waals surface area contributed by atoms with Crippen molar-refractivity contribution in [3.63, 3.8) is 0 Å². The maximum Gasteiger partial charge on any atom is 0.417 e. The molecule has 1 aliphatic rings. The Morgan fingerprint density at radius 1 is 1.07 bits per heavy atom. The zero-order valence-corrected chi connectivity index (χ0v) is 14.9. The van der Waals surface area contributed by atoms with Crippen LogP contribution in [0.5, 0.6) is 0 Å².